The maximum Gasteiger partial charge on any atom is 0.308 e. The lowest BCUT2D eigenvalue weighted by molar-refractivity contribution is -0.149. The summed E-state index contributed by atoms with van der Waals surface area (Å²) in [6.07, 6.45) is 30.5. The van der Waals surface area contributed by atoms with Crippen LogP contribution in [0.4, 0.5) is 0 Å². The summed E-state index contributed by atoms with van der Waals surface area (Å²) in [5.74, 6) is 0.161. The molecule has 0 aliphatic rings. The van der Waals surface area contributed by atoms with Crippen LogP contribution in [0.5, 0.6) is 0 Å². The number of ether oxygens (including phenoxy) is 2. The molecule has 0 saturated heterocycles. The van der Waals surface area contributed by atoms with Crippen molar-refractivity contribution in [3.05, 3.63) is 0 Å². The van der Waals surface area contributed by atoms with Gasteiger partial charge < -0.3 is 29.7 Å². The lowest BCUT2D eigenvalue weighted by Gasteiger charge is -2.22. The molecule has 0 aromatic rings. The predicted octanol–water partition coefficient (Wildman–Crippen LogP) is 9.78. The van der Waals surface area contributed by atoms with E-state index in [1.165, 1.54) is 84.2 Å². The van der Waals surface area contributed by atoms with E-state index < -0.39 is 6.29 Å². The predicted molar refractivity (Wildman–Crippen MR) is 205 cm³/mol. The van der Waals surface area contributed by atoms with Crippen molar-refractivity contribution in [1.29, 1.82) is 0 Å². The van der Waals surface area contributed by atoms with Crippen LogP contribution in [0.15, 0.2) is 0 Å². The van der Waals surface area contributed by atoms with Gasteiger partial charge in [-0.3, -0.25) is 4.79 Å². The van der Waals surface area contributed by atoms with Gasteiger partial charge in [-0.1, -0.05) is 117 Å². The van der Waals surface area contributed by atoms with Crippen molar-refractivity contribution in [2.75, 3.05) is 59.1 Å². The quantitative estimate of drug-likeness (QED) is 0.0355. The zero-order valence-electron chi connectivity index (χ0n) is 32.3. The van der Waals surface area contributed by atoms with Crippen molar-refractivity contribution in [3.63, 3.8) is 0 Å². The highest BCUT2D eigenvalue weighted by Gasteiger charge is 2.19. The van der Waals surface area contributed by atoms with Crippen molar-refractivity contribution < 1.29 is 29.6 Å². The first-order valence-electron chi connectivity index (χ1n) is 19.6. The van der Waals surface area contributed by atoms with Crippen LogP contribution in [0, 0.1) is 5.92 Å². The number of rotatable bonds is 33. The molecule has 286 valence electrons. The summed E-state index contributed by atoms with van der Waals surface area (Å²) in [7, 11) is 1.50. The lowest BCUT2D eigenvalue weighted by atomic mass is 9.94. The topological polar surface area (TPSA) is 99.5 Å². The minimum absolute atomic E-state index is 0.0568. The summed E-state index contributed by atoms with van der Waals surface area (Å²) in [6, 6.07) is 0. The molecule has 7 nitrogen and oxygen atoms in total. The summed E-state index contributed by atoms with van der Waals surface area (Å²) in [4.78, 5) is 15.3. The van der Waals surface area contributed by atoms with Crippen molar-refractivity contribution in [3.8, 4) is 0 Å². The molecule has 0 aliphatic carbocycles. The van der Waals surface area contributed by atoms with Gasteiger partial charge in [0.2, 0.25) is 0 Å². The number of aliphatic hydroxyl groups excluding tert-OH is 3. The van der Waals surface area contributed by atoms with Crippen LogP contribution >= 0.6 is 11.8 Å². The Bertz CT molecular complexity index is 572. The van der Waals surface area contributed by atoms with Crippen molar-refractivity contribution in [2.45, 2.75) is 181 Å². The number of thioether (sulfide) groups is 1. The molecule has 0 fully saturated rings. The largest absolute Gasteiger partial charge is 0.465 e. The molecule has 47 heavy (non-hydrogen) atoms. The van der Waals surface area contributed by atoms with Crippen molar-refractivity contribution in [2.24, 2.45) is 5.92 Å². The van der Waals surface area contributed by atoms with Crippen LogP contribution in [-0.2, 0) is 14.3 Å². The molecule has 0 rings (SSSR count). The van der Waals surface area contributed by atoms with E-state index in [0.717, 1.165) is 96.7 Å². The number of carbonyl (C=O) groups is 1. The third-order valence-corrected chi connectivity index (χ3v) is 8.33. The molecule has 0 heterocycles. The third kappa shape index (κ3) is 43.6. The zero-order valence-corrected chi connectivity index (χ0v) is 33.1. The Morgan fingerprint density at radius 2 is 1.00 bits per heavy atom. The number of esters is 1. The normalized spacial score (nSPS) is 12.2. The van der Waals surface area contributed by atoms with Crippen LogP contribution in [0.2, 0.25) is 0 Å². The third-order valence-electron chi connectivity index (χ3n) is 8.33. The number of carbonyl (C=O) groups excluding carboxylic acids is 1. The van der Waals surface area contributed by atoms with Crippen LogP contribution < -0.4 is 0 Å². The van der Waals surface area contributed by atoms with Crippen LogP contribution in [0.25, 0.3) is 0 Å². The highest BCUT2D eigenvalue weighted by atomic mass is 32.2. The molecule has 0 saturated carbocycles. The molecule has 3 N–H and O–H groups in total. The number of unbranched alkanes of at least 4 members (excludes halogenated alkanes) is 15. The SMILES string of the molecule is CCCC(O)OC.CCCCCCCCC(CCCCCC)C(=O)OCCCCCCN(CCCCO)CCCCCCO.CSC. The van der Waals surface area contributed by atoms with E-state index in [0.29, 0.717) is 13.2 Å². The van der Waals surface area contributed by atoms with Crippen LogP contribution in [0.3, 0.4) is 0 Å². The molecule has 0 spiro atoms. The minimum atomic E-state index is -0.551. The van der Waals surface area contributed by atoms with Gasteiger partial charge in [-0.25, -0.2) is 0 Å². The van der Waals surface area contributed by atoms with Crippen LogP contribution in [-0.4, -0.2) is 91.6 Å². The Hall–Kier alpha value is -0.380. The summed E-state index contributed by atoms with van der Waals surface area (Å²) in [6.45, 7) is 10.9. The molecule has 0 aromatic carbocycles. The zero-order chi connectivity index (χ0) is 35.6. The molecule has 0 amide bonds. The van der Waals surface area contributed by atoms with Gasteiger partial charge in [-0.05, 0) is 89.9 Å². The van der Waals surface area contributed by atoms with Gasteiger partial charge in [0.1, 0.15) is 0 Å². The first-order chi connectivity index (χ1) is 22.9. The van der Waals surface area contributed by atoms with Gasteiger partial charge >= 0.3 is 5.97 Å². The van der Waals surface area contributed by atoms with Gasteiger partial charge in [0.05, 0.1) is 12.5 Å². The van der Waals surface area contributed by atoms with E-state index in [4.69, 9.17) is 20.1 Å². The van der Waals surface area contributed by atoms with Crippen LogP contribution in [0.1, 0.15) is 175 Å². The van der Waals surface area contributed by atoms with Gasteiger partial charge in [0, 0.05) is 20.3 Å². The second-order valence-electron chi connectivity index (χ2n) is 13.0. The average molecular weight is 694 g/mol. The number of hydrogen-bond acceptors (Lipinski definition) is 8. The molecule has 0 aromatic heterocycles. The molecule has 8 heteroatoms. The van der Waals surface area contributed by atoms with E-state index in [-0.39, 0.29) is 18.5 Å². The Balaban J connectivity index is -0.00000167. The second kappa shape index (κ2) is 45.6. The number of aliphatic hydroxyl groups is 3. The molecule has 0 aliphatic heterocycles. The summed E-state index contributed by atoms with van der Waals surface area (Å²) in [5, 5.41) is 26.7. The smallest absolute Gasteiger partial charge is 0.308 e. The van der Waals surface area contributed by atoms with Gasteiger partial charge in [0.15, 0.2) is 6.29 Å². The second-order valence-corrected chi connectivity index (χ2v) is 13.8. The molecule has 2 unspecified atom stereocenters. The van der Waals surface area contributed by atoms with E-state index >= 15 is 0 Å². The summed E-state index contributed by atoms with van der Waals surface area (Å²) >= 11 is 1.75. The fourth-order valence-electron chi connectivity index (χ4n) is 5.40. The van der Waals surface area contributed by atoms with E-state index in [9.17, 15) is 4.79 Å². The Morgan fingerprint density at radius 3 is 1.47 bits per heavy atom. The van der Waals surface area contributed by atoms with E-state index in [2.05, 4.69) is 23.5 Å². The molecule has 2 atom stereocenters. The van der Waals surface area contributed by atoms with E-state index in [1.807, 2.05) is 19.4 Å². The maximum absolute atomic E-state index is 12.8. The summed E-state index contributed by atoms with van der Waals surface area (Å²) < 4.78 is 10.3. The first kappa shape index (κ1) is 51.0. The Morgan fingerprint density at radius 1 is 0.596 bits per heavy atom. The number of methoxy groups -OCH3 is 1. The fourth-order valence-corrected chi connectivity index (χ4v) is 5.40. The van der Waals surface area contributed by atoms with Gasteiger partial charge in [-0.15, -0.1) is 0 Å². The lowest BCUT2D eigenvalue weighted by Crippen LogP contribution is -2.27. The molecular formula is C39H83NO6S. The molecular weight excluding hydrogens is 610 g/mol. The number of nitrogens with zero attached hydrogens (tertiary/aromatic N) is 1. The standard InChI is InChI=1S/C32H65NO4.C5H12O2.C2H6S/c1-3-5-7-9-10-16-24-31(23-15-8-6-4-2)32(36)37-30-22-14-12-18-26-33(27-19-21-29-35)25-17-11-13-20-28-34;1-3-4-5(6)7-2;1-3-2/h31,34-35H,3-30H2,1-2H3;5-6H,3-4H2,1-2H3;1-2H3. The molecule has 0 bridgehead atoms. The minimum Gasteiger partial charge on any atom is -0.465 e. The van der Waals surface area contributed by atoms with Gasteiger partial charge in [-0.2, -0.15) is 11.8 Å². The number of hydrogen-bond donors (Lipinski definition) is 3. The molecule has 0 radical (unpaired) electrons. The van der Waals surface area contributed by atoms with Crippen molar-refractivity contribution in [1.82, 2.24) is 4.90 Å². The Kier molecular flexibility index (Phi) is 49.5. The fraction of sp³-hybridized carbons (Fsp3) is 0.974. The monoisotopic (exact) mass is 694 g/mol. The summed E-state index contributed by atoms with van der Waals surface area (Å²) in [5.41, 5.74) is 0. The van der Waals surface area contributed by atoms with Gasteiger partial charge in [0.25, 0.3) is 0 Å². The maximum atomic E-state index is 12.8. The highest BCUT2D eigenvalue weighted by molar-refractivity contribution is 7.97. The Labute approximate surface area is 297 Å². The van der Waals surface area contributed by atoms with Crippen molar-refractivity contribution >= 4 is 17.7 Å². The highest BCUT2D eigenvalue weighted by Crippen LogP contribution is 2.21. The average Bonchev–Trinajstić information content (AvgIpc) is 3.07. The van der Waals surface area contributed by atoms with E-state index in [1.54, 1.807) is 11.8 Å². The first-order valence-corrected chi connectivity index (χ1v) is 21.3.